The smallest absolute Gasteiger partial charge is 0.241 e. The number of aliphatic imine (C=N–C) groups is 1. The Morgan fingerprint density at radius 3 is 2.61 bits per heavy atom. The van der Waals surface area contributed by atoms with Crippen LogP contribution in [0.4, 0.5) is 24.8 Å². The van der Waals surface area contributed by atoms with Crippen LogP contribution in [-0.2, 0) is 5.41 Å². The van der Waals surface area contributed by atoms with E-state index in [2.05, 4.69) is 25.3 Å². The van der Waals surface area contributed by atoms with Gasteiger partial charge in [-0.05, 0) is 70.1 Å². The highest BCUT2D eigenvalue weighted by atomic mass is 19.3. The Kier molecular flexibility index (Phi) is 6.20. The van der Waals surface area contributed by atoms with Gasteiger partial charge in [-0.15, -0.1) is 5.10 Å². The van der Waals surface area contributed by atoms with Gasteiger partial charge in [-0.2, -0.15) is 0 Å². The van der Waals surface area contributed by atoms with Crippen LogP contribution in [0.5, 0.6) is 0 Å². The standard InChI is InChI=1S/C28H34F3N7/c1-17(29)14-37-15-28(16-37)9-6-19(7-10-28)34-26-32-13-23-20(8-11-38(23)36-26)21-4-5-22-25(35-21)27(3,12-24(30)31)18(2)33-22/h4-5,8,11,13,17,19,24H,6-7,9-10,12,14-16H2,1-3H3,(H,34,36). The highest BCUT2D eigenvalue weighted by Crippen LogP contribution is 2.45. The average molecular weight is 526 g/mol. The van der Waals surface area contributed by atoms with E-state index in [1.807, 2.05) is 24.4 Å². The first-order chi connectivity index (χ1) is 18.1. The topological polar surface area (TPSA) is 70.7 Å². The minimum absolute atomic E-state index is 0.308. The van der Waals surface area contributed by atoms with Crippen molar-refractivity contribution >= 4 is 22.9 Å². The zero-order valence-electron chi connectivity index (χ0n) is 22.1. The van der Waals surface area contributed by atoms with Crippen LogP contribution in [0, 0.1) is 5.41 Å². The summed E-state index contributed by atoms with van der Waals surface area (Å²) in [6.07, 6.45) is 4.50. The van der Waals surface area contributed by atoms with Crippen LogP contribution >= 0.6 is 0 Å². The number of hydrogen-bond donors (Lipinski definition) is 1. The molecule has 1 saturated heterocycles. The maximum Gasteiger partial charge on any atom is 0.241 e. The quantitative estimate of drug-likeness (QED) is 0.421. The maximum atomic E-state index is 13.4. The zero-order valence-corrected chi connectivity index (χ0v) is 22.1. The molecule has 0 aromatic carbocycles. The first-order valence-electron chi connectivity index (χ1n) is 13.5. The van der Waals surface area contributed by atoms with Crippen LogP contribution < -0.4 is 5.32 Å². The van der Waals surface area contributed by atoms with Crippen molar-refractivity contribution in [3.63, 3.8) is 0 Å². The van der Waals surface area contributed by atoms with E-state index in [1.165, 1.54) is 0 Å². The summed E-state index contributed by atoms with van der Waals surface area (Å²) in [6.45, 7) is 7.76. The average Bonchev–Trinajstić information content (AvgIpc) is 3.36. The van der Waals surface area contributed by atoms with Gasteiger partial charge in [-0.1, -0.05) is 0 Å². The van der Waals surface area contributed by atoms with Crippen LogP contribution in [-0.4, -0.2) is 68.5 Å². The van der Waals surface area contributed by atoms with Gasteiger partial charge >= 0.3 is 0 Å². The third kappa shape index (κ3) is 4.46. The van der Waals surface area contributed by atoms with E-state index < -0.39 is 18.0 Å². The van der Waals surface area contributed by atoms with Gasteiger partial charge in [0.2, 0.25) is 12.4 Å². The van der Waals surface area contributed by atoms with Crippen LogP contribution in [0.2, 0.25) is 0 Å². The largest absolute Gasteiger partial charge is 0.350 e. The molecule has 10 heteroatoms. The number of alkyl halides is 3. The molecule has 1 spiro atoms. The monoisotopic (exact) mass is 525 g/mol. The number of anilines is 1. The normalized spacial score (nSPS) is 24.0. The van der Waals surface area contributed by atoms with Crippen LogP contribution in [0.15, 0.2) is 35.6 Å². The van der Waals surface area contributed by atoms with Crippen molar-refractivity contribution < 1.29 is 13.2 Å². The summed E-state index contributed by atoms with van der Waals surface area (Å²) in [7, 11) is 0. The van der Waals surface area contributed by atoms with Crippen LogP contribution in [0.1, 0.15) is 58.6 Å². The molecule has 2 aliphatic heterocycles. The molecule has 1 saturated carbocycles. The summed E-state index contributed by atoms with van der Waals surface area (Å²) >= 11 is 0. The molecule has 6 rings (SSSR count). The fraction of sp³-hybridized carbons (Fsp3) is 0.571. The lowest BCUT2D eigenvalue weighted by atomic mass is 9.67. The highest BCUT2D eigenvalue weighted by molar-refractivity contribution is 5.99. The van der Waals surface area contributed by atoms with Crippen molar-refractivity contribution in [3.05, 3.63) is 36.3 Å². The second-order valence-corrected chi connectivity index (χ2v) is 11.7. The molecule has 0 radical (unpaired) electrons. The molecule has 3 aromatic rings. The fourth-order valence-electron chi connectivity index (χ4n) is 6.57. The predicted octanol–water partition coefficient (Wildman–Crippen LogP) is 5.82. The van der Waals surface area contributed by atoms with Crippen molar-refractivity contribution in [2.24, 2.45) is 10.4 Å². The molecule has 1 aliphatic carbocycles. The number of likely N-dealkylation sites (tertiary alicyclic amines) is 1. The van der Waals surface area contributed by atoms with Crippen molar-refractivity contribution in [1.82, 2.24) is 24.5 Å². The molecule has 5 heterocycles. The third-order valence-corrected chi connectivity index (χ3v) is 8.75. The molecule has 3 aliphatic rings. The highest BCUT2D eigenvalue weighted by Gasteiger charge is 2.45. The van der Waals surface area contributed by atoms with Gasteiger partial charge in [-0.25, -0.2) is 27.7 Å². The van der Waals surface area contributed by atoms with Crippen molar-refractivity contribution in [2.75, 3.05) is 25.0 Å². The summed E-state index contributed by atoms with van der Waals surface area (Å²) in [5, 5.41) is 8.18. The molecule has 2 fully saturated rings. The Bertz CT molecular complexity index is 1370. The minimum Gasteiger partial charge on any atom is -0.350 e. The van der Waals surface area contributed by atoms with Crippen molar-refractivity contribution in [3.8, 4) is 11.3 Å². The maximum absolute atomic E-state index is 13.4. The third-order valence-electron chi connectivity index (χ3n) is 8.75. The Balaban J connectivity index is 1.15. The Morgan fingerprint density at radius 1 is 1.13 bits per heavy atom. The molecule has 3 aromatic heterocycles. The molecule has 7 nitrogen and oxygen atoms in total. The van der Waals surface area contributed by atoms with E-state index in [1.54, 1.807) is 31.5 Å². The molecule has 2 unspecified atom stereocenters. The van der Waals surface area contributed by atoms with Crippen LogP contribution in [0.3, 0.4) is 0 Å². The summed E-state index contributed by atoms with van der Waals surface area (Å²) in [4.78, 5) is 16.1. The molecule has 38 heavy (non-hydrogen) atoms. The molecular formula is C28H34F3N7. The lowest BCUT2D eigenvalue weighted by molar-refractivity contribution is -0.0393. The molecule has 0 amide bonds. The Hall–Kier alpha value is -3.01. The van der Waals surface area contributed by atoms with E-state index in [0.29, 0.717) is 46.7 Å². The Morgan fingerprint density at radius 2 is 1.89 bits per heavy atom. The number of aromatic nitrogens is 4. The van der Waals surface area contributed by atoms with E-state index in [4.69, 9.17) is 4.98 Å². The second kappa shape index (κ2) is 9.32. The lowest BCUT2D eigenvalue weighted by Crippen LogP contribution is -2.59. The lowest BCUT2D eigenvalue weighted by Gasteiger charge is -2.53. The fourth-order valence-corrected chi connectivity index (χ4v) is 6.57. The van der Waals surface area contributed by atoms with Gasteiger partial charge in [0, 0.05) is 49.6 Å². The van der Waals surface area contributed by atoms with Gasteiger partial charge in [0.15, 0.2) is 0 Å². The van der Waals surface area contributed by atoms with Crippen molar-refractivity contribution in [1.29, 1.82) is 0 Å². The Labute approximate surface area is 220 Å². The summed E-state index contributed by atoms with van der Waals surface area (Å²) in [5.74, 6) is 0.581. The van der Waals surface area contributed by atoms with Gasteiger partial charge in [-0.3, -0.25) is 9.89 Å². The van der Waals surface area contributed by atoms with Crippen molar-refractivity contribution in [2.45, 2.75) is 76.9 Å². The molecule has 2 atom stereocenters. The van der Waals surface area contributed by atoms with Crippen LogP contribution in [0.25, 0.3) is 16.8 Å². The van der Waals surface area contributed by atoms with Gasteiger partial charge in [0.05, 0.1) is 34.2 Å². The first kappa shape index (κ1) is 25.3. The number of rotatable bonds is 7. The van der Waals surface area contributed by atoms with Gasteiger partial charge in [0.1, 0.15) is 6.17 Å². The van der Waals surface area contributed by atoms with E-state index in [-0.39, 0.29) is 6.42 Å². The summed E-state index contributed by atoms with van der Waals surface area (Å²) < 4.78 is 41.8. The molecule has 1 N–H and O–H groups in total. The minimum atomic E-state index is -2.44. The number of nitrogens with one attached hydrogen (secondary N) is 1. The van der Waals surface area contributed by atoms with E-state index >= 15 is 0 Å². The van der Waals surface area contributed by atoms with E-state index in [9.17, 15) is 13.2 Å². The zero-order chi connectivity index (χ0) is 26.7. The van der Waals surface area contributed by atoms with Gasteiger partial charge < -0.3 is 5.32 Å². The summed E-state index contributed by atoms with van der Waals surface area (Å²) in [6, 6.07) is 5.98. The molecular weight excluding hydrogens is 491 g/mol. The number of pyridine rings is 1. The number of fused-ring (bicyclic) bond motifs is 2. The van der Waals surface area contributed by atoms with Gasteiger partial charge in [0.25, 0.3) is 0 Å². The molecule has 0 bridgehead atoms. The number of hydrogen-bond acceptors (Lipinski definition) is 6. The molecule has 202 valence electrons. The SMILES string of the molecule is CC1=Nc2ccc(-c3ccn4nc(NC5CCC6(CC5)CN(CC(C)F)C6)ncc34)nc2C1(C)CC(F)F. The number of halogens is 3. The summed E-state index contributed by atoms with van der Waals surface area (Å²) in [5.41, 5.74) is 3.71. The second-order valence-electron chi connectivity index (χ2n) is 11.7. The number of nitrogens with zero attached hydrogens (tertiary/aromatic N) is 6. The predicted molar refractivity (Wildman–Crippen MR) is 142 cm³/mol. The van der Waals surface area contributed by atoms with E-state index in [0.717, 1.165) is 49.9 Å². The first-order valence-corrected chi connectivity index (χ1v) is 13.5.